The van der Waals surface area contributed by atoms with Gasteiger partial charge < -0.3 is 19.7 Å². The fourth-order valence-corrected chi connectivity index (χ4v) is 8.17. The van der Waals surface area contributed by atoms with E-state index in [2.05, 4.69) is 15.9 Å². The topological polar surface area (TPSA) is 91.2 Å². The summed E-state index contributed by atoms with van der Waals surface area (Å²) >= 11 is 7.08. The maximum Gasteiger partial charge on any atom is 0.218 e. The highest BCUT2D eigenvalue weighted by atomic mass is 35.5. The number of pyridine rings is 2. The van der Waals surface area contributed by atoms with Crippen molar-refractivity contribution in [1.29, 1.82) is 0 Å². The minimum absolute atomic E-state index is 0.147. The second-order valence-electron chi connectivity index (χ2n) is 12.8. The molecule has 0 radical (unpaired) electrons. The highest BCUT2D eigenvalue weighted by molar-refractivity contribution is 6.36. The third kappa shape index (κ3) is 4.79. The Balaban J connectivity index is 1.15. The number of rotatable bonds is 7. The predicted molar refractivity (Wildman–Crippen MR) is 174 cm³/mol. The van der Waals surface area contributed by atoms with Crippen molar-refractivity contribution in [3.8, 4) is 45.4 Å². The van der Waals surface area contributed by atoms with Crippen molar-refractivity contribution in [1.82, 2.24) is 19.8 Å². The van der Waals surface area contributed by atoms with Gasteiger partial charge in [0.25, 0.3) is 0 Å². The number of nitrogens with zero attached hydrogens (tertiary/aromatic N) is 4. The number of β-amino-alcohol motifs (C(OH)–C–C–N with tert-alkyl or cyclic N) is 2. The first-order valence-electron chi connectivity index (χ1n) is 15.9. The number of hydrogen-bond donors (Lipinski definition) is 2. The fraction of sp³-hybridized carbons (Fsp3) is 0.389. The van der Waals surface area contributed by atoms with Crippen LogP contribution < -0.4 is 9.47 Å². The number of likely N-dealkylation sites (tertiary alicyclic amines) is 2. The summed E-state index contributed by atoms with van der Waals surface area (Å²) in [7, 11) is 3.23. The van der Waals surface area contributed by atoms with E-state index >= 15 is 4.39 Å². The van der Waals surface area contributed by atoms with Gasteiger partial charge in [0.15, 0.2) is 0 Å². The molecule has 2 aliphatic carbocycles. The Morgan fingerprint density at radius 2 is 1.17 bits per heavy atom. The van der Waals surface area contributed by atoms with E-state index < -0.39 is 5.82 Å². The number of hydrogen-bond acceptors (Lipinski definition) is 8. The molecule has 2 N–H and O–H groups in total. The van der Waals surface area contributed by atoms with E-state index in [0.717, 1.165) is 47.9 Å². The number of halogens is 2. The molecule has 8 nitrogen and oxygen atoms in total. The highest BCUT2D eigenvalue weighted by Gasteiger charge is 2.39. The average Bonchev–Trinajstić information content (AvgIpc) is 3.65. The summed E-state index contributed by atoms with van der Waals surface area (Å²) in [5.74, 6) is 0.663. The van der Waals surface area contributed by atoms with E-state index in [1.54, 1.807) is 26.4 Å². The van der Waals surface area contributed by atoms with Crippen LogP contribution in [-0.4, -0.2) is 82.6 Å². The molecule has 2 fully saturated rings. The molecule has 2 aromatic heterocycles. The first kappa shape index (κ1) is 29.8. The Morgan fingerprint density at radius 3 is 1.67 bits per heavy atom. The van der Waals surface area contributed by atoms with Gasteiger partial charge >= 0.3 is 0 Å². The van der Waals surface area contributed by atoms with Crippen LogP contribution in [0.4, 0.5) is 4.39 Å². The van der Waals surface area contributed by atoms with Crippen LogP contribution in [0.15, 0.2) is 48.5 Å². The number of fused-ring (bicyclic) bond motifs is 2. The van der Waals surface area contributed by atoms with Gasteiger partial charge in [0.05, 0.1) is 42.8 Å². The number of aromatic nitrogens is 2. The van der Waals surface area contributed by atoms with Crippen molar-refractivity contribution in [2.24, 2.45) is 0 Å². The van der Waals surface area contributed by atoms with Gasteiger partial charge in [-0.3, -0.25) is 9.80 Å². The third-order valence-corrected chi connectivity index (χ3v) is 10.6. The molecule has 0 bridgehead atoms. The summed E-state index contributed by atoms with van der Waals surface area (Å²) in [6, 6.07) is 15.3. The molecule has 2 saturated heterocycles. The van der Waals surface area contributed by atoms with E-state index in [4.69, 9.17) is 31.0 Å². The van der Waals surface area contributed by atoms with Gasteiger partial charge in [0, 0.05) is 71.6 Å². The van der Waals surface area contributed by atoms with Crippen LogP contribution in [0.25, 0.3) is 33.6 Å². The molecular formula is C36H36ClFN4O4. The standard InChI is InChI=1S/C36H36ClFN4O4/c1-45-35-31-19(9-11-29(31)41-15-21(43)16-41)13-27(39-35)25-7-3-5-23(33(25)37)24-6-4-8-26(34(24)38)28-14-20-10-12-30(42-17-22(44)18-42)32(20)36(40-28)46-2/h3-8,13-14,21-22,29-30,43-44H,9-12,15-18H2,1-2H3/t29-,30-/m1/s1. The molecule has 2 aliphatic heterocycles. The van der Waals surface area contributed by atoms with Gasteiger partial charge in [-0.05, 0) is 55.0 Å². The maximum absolute atomic E-state index is 16.5. The zero-order valence-electron chi connectivity index (χ0n) is 25.8. The second kappa shape index (κ2) is 11.6. The second-order valence-corrected chi connectivity index (χ2v) is 13.2. The van der Waals surface area contributed by atoms with Crippen molar-refractivity contribution >= 4 is 11.6 Å². The molecule has 4 heterocycles. The van der Waals surface area contributed by atoms with Gasteiger partial charge in [0.1, 0.15) is 5.82 Å². The van der Waals surface area contributed by atoms with Gasteiger partial charge in [-0.25, -0.2) is 14.4 Å². The van der Waals surface area contributed by atoms with Gasteiger partial charge in [-0.1, -0.05) is 41.9 Å². The average molecular weight is 643 g/mol. The molecule has 2 aromatic carbocycles. The zero-order valence-corrected chi connectivity index (χ0v) is 26.6. The molecular weight excluding hydrogens is 607 g/mol. The summed E-state index contributed by atoms with van der Waals surface area (Å²) < 4.78 is 28.0. The Morgan fingerprint density at radius 1 is 0.717 bits per heavy atom. The number of ether oxygens (including phenoxy) is 2. The van der Waals surface area contributed by atoms with Gasteiger partial charge in [-0.2, -0.15) is 0 Å². The van der Waals surface area contributed by atoms with Crippen molar-refractivity contribution < 1.29 is 24.1 Å². The van der Waals surface area contributed by atoms with Crippen molar-refractivity contribution in [2.75, 3.05) is 40.4 Å². The predicted octanol–water partition coefficient (Wildman–Crippen LogP) is 5.61. The minimum atomic E-state index is -0.407. The van der Waals surface area contributed by atoms with E-state index in [9.17, 15) is 10.2 Å². The first-order valence-corrected chi connectivity index (χ1v) is 16.3. The summed E-state index contributed by atoms with van der Waals surface area (Å²) in [5, 5.41) is 20.1. The van der Waals surface area contributed by atoms with Crippen molar-refractivity contribution in [2.45, 2.75) is 50.0 Å². The number of methoxy groups -OCH3 is 2. The summed E-state index contributed by atoms with van der Waals surface area (Å²) in [6.45, 7) is 2.60. The normalized spacial score (nSPS) is 21.5. The molecule has 10 heteroatoms. The van der Waals surface area contributed by atoms with Crippen LogP contribution in [-0.2, 0) is 12.8 Å². The third-order valence-electron chi connectivity index (χ3n) is 10.1. The van der Waals surface area contributed by atoms with Crippen LogP contribution in [0, 0.1) is 5.82 Å². The van der Waals surface area contributed by atoms with Crippen molar-refractivity contribution in [3.05, 3.63) is 81.6 Å². The van der Waals surface area contributed by atoms with E-state index in [-0.39, 0.29) is 24.3 Å². The largest absolute Gasteiger partial charge is 0.481 e. The first-order chi connectivity index (χ1) is 22.3. The Bertz CT molecular complexity index is 1710. The molecule has 0 saturated carbocycles. The van der Waals surface area contributed by atoms with Crippen LogP contribution in [0.5, 0.6) is 11.8 Å². The minimum Gasteiger partial charge on any atom is -0.481 e. The maximum atomic E-state index is 16.5. The van der Waals surface area contributed by atoms with E-state index in [1.165, 1.54) is 0 Å². The van der Waals surface area contributed by atoms with Gasteiger partial charge in [-0.15, -0.1) is 0 Å². The smallest absolute Gasteiger partial charge is 0.218 e. The van der Waals surface area contributed by atoms with Crippen LogP contribution >= 0.6 is 11.6 Å². The Labute approximate surface area is 272 Å². The monoisotopic (exact) mass is 642 g/mol. The van der Waals surface area contributed by atoms with E-state index in [0.29, 0.717) is 76.6 Å². The molecule has 0 spiro atoms. The molecule has 4 aromatic rings. The SMILES string of the molecule is COc1nc(-c2cccc(-c3cccc(-c4cc5c(c(OC)n4)[C@H](N4CC(O)C4)CC5)c3Cl)c2F)cc2c1[C@H](N1CC(O)C1)CC2. The molecule has 238 valence electrons. The highest BCUT2D eigenvalue weighted by Crippen LogP contribution is 2.47. The number of aliphatic hydroxyl groups excluding tert-OH is 2. The molecule has 2 atom stereocenters. The molecule has 0 amide bonds. The van der Waals surface area contributed by atoms with Crippen LogP contribution in [0.3, 0.4) is 0 Å². The quantitative estimate of drug-likeness (QED) is 0.269. The number of aryl methyl sites for hydroxylation is 2. The van der Waals surface area contributed by atoms with Crippen LogP contribution in [0.1, 0.15) is 47.2 Å². The molecule has 0 unspecified atom stereocenters. The summed E-state index contributed by atoms with van der Waals surface area (Å²) in [5.41, 5.74) is 7.59. The summed E-state index contributed by atoms with van der Waals surface area (Å²) in [4.78, 5) is 14.2. The lowest BCUT2D eigenvalue weighted by atomic mass is 9.96. The molecule has 46 heavy (non-hydrogen) atoms. The summed E-state index contributed by atoms with van der Waals surface area (Å²) in [6.07, 6.45) is 3.01. The van der Waals surface area contributed by atoms with E-state index in [1.807, 2.05) is 30.3 Å². The van der Waals surface area contributed by atoms with Crippen molar-refractivity contribution in [3.63, 3.8) is 0 Å². The lowest BCUT2D eigenvalue weighted by molar-refractivity contribution is -0.0257. The molecule has 8 rings (SSSR count). The lowest BCUT2D eigenvalue weighted by Gasteiger charge is -2.40. The number of benzene rings is 2. The fourth-order valence-electron chi connectivity index (χ4n) is 7.84. The van der Waals surface area contributed by atoms with Crippen LogP contribution in [0.2, 0.25) is 5.02 Å². The zero-order chi connectivity index (χ0) is 31.7. The Kier molecular flexibility index (Phi) is 7.49. The number of aliphatic hydroxyl groups is 2. The Hall–Kier alpha value is -3.60. The van der Waals surface area contributed by atoms with Gasteiger partial charge in [0.2, 0.25) is 11.8 Å². The molecule has 4 aliphatic rings. The lowest BCUT2D eigenvalue weighted by Crippen LogP contribution is -2.51.